The zero-order chi connectivity index (χ0) is 19.6. The van der Waals surface area contributed by atoms with Crippen LogP contribution in [0.4, 0.5) is 5.69 Å². The third kappa shape index (κ3) is 3.43. The third-order valence-electron chi connectivity index (χ3n) is 6.28. The fourth-order valence-electron chi connectivity index (χ4n) is 4.76. The van der Waals surface area contributed by atoms with Crippen LogP contribution in [-0.4, -0.2) is 30.7 Å². The number of quaternary nitrogens is 1. The highest BCUT2D eigenvalue weighted by atomic mass is 15.3. The molecule has 0 aliphatic carbocycles. The van der Waals surface area contributed by atoms with E-state index in [-0.39, 0.29) is 0 Å². The Morgan fingerprint density at radius 2 is 1.38 bits per heavy atom. The highest BCUT2D eigenvalue weighted by Crippen LogP contribution is 2.32. The molecular formula is C26H28N3+. The van der Waals surface area contributed by atoms with Crippen LogP contribution in [0.3, 0.4) is 0 Å². The van der Waals surface area contributed by atoms with Crippen LogP contribution in [0.15, 0.2) is 84.9 Å². The van der Waals surface area contributed by atoms with Gasteiger partial charge in [0.05, 0.1) is 31.9 Å². The Morgan fingerprint density at radius 1 is 0.759 bits per heavy atom. The largest absolute Gasteiger partial charge is 0.360 e. The topological polar surface area (TPSA) is 12.6 Å². The number of anilines is 1. The molecule has 1 saturated heterocycles. The van der Waals surface area contributed by atoms with Crippen molar-refractivity contribution in [2.45, 2.75) is 6.54 Å². The number of rotatable bonds is 4. The summed E-state index contributed by atoms with van der Waals surface area (Å²) in [6, 6.07) is 30.5. The van der Waals surface area contributed by atoms with Gasteiger partial charge in [-0.05, 0) is 23.8 Å². The minimum atomic E-state index is 1.08. The highest BCUT2D eigenvalue weighted by molar-refractivity contribution is 5.91. The summed E-state index contributed by atoms with van der Waals surface area (Å²) in [5.74, 6) is 0. The molecule has 3 aromatic carbocycles. The number of para-hydroxylation sites is 2. The molecule has 4 aromatic rings. The minimum absolute atomic E-state index is 1.08. The van der Waals surface area contributed by atoms with Crippen molar-refractivity contribution < 1.29 is 4.90 Å². The van der Waals surface area contributed by atoms with Gasteiger partial charge in [0.25, 0.3) is 0 Å². The molecule has 146 valence electrons. The van der Waals surface area contributed by atoms with E-state index in [1.807, 2.05) is 0 Å². The minimum Gasteiger partial charge on any atom is -0.360 e. The second-order valence-electron chi connectivity index (χ2n) is 8.02. The van der Waals surface area contributed by atoms with Crippen LogP contribution in [0, 0.1) is 0 Å². The highest BCUT2D eigenvalue weighted by Gasteiger charge is 2.24. The van der Waals surface area contributed by atoms with E-state index in [1.54, 1.807) is 4.90 Å². The Morgan fingerprint density at radius 3 is 2.10 bits per heavy atom. The van der Waals surface area contributed by atoms with Gasteiger partial charge < -0.3 is 14.4 Å². The summed E-state index contributed by atoms with van der Waals surface area (Å²) in [7, 11) is 2.21. The molecule has 3 heteroatoms. The molecule has 0 bridgehead atoms. The normalized spacial score (nSPS) is 15.1. The van der Waals surface area contributed by atoms with E-state index in [9.17, 15) is 0 Å². The van der Waals surface area contributed by atoms with Gasteiger partial charge in [0.1, 0.15) is 6.54 Å². The summed E-state index contributed by atoms with van der Waals surface area (Å²) in [5, 5.41) is 1.40. The Kier molecular flexibility index (Phi) is 4.82. The predicted octanol–water partition coefficient (Wildman–Crippen LogP) is 3.75. The molecule has 2 heterocycles. The van der Waals surface area contributed by atoms with Crippen molar-refractivity contribution in [3.8, 4) is 11.3 Å². The van der Waals surface area contributed by atoms with Gasteiger partial charge in [-0.3, -0.25) is 0 Å². The van der Waals surface area contributed by atoms with E-state index >= 15 is 0 Å². The molecular weight excluding hydrogens is 354 g/mol. The lowest BCUT2D eigenvalue weighted by atomic mass is 10.0. The first-order chi connectivity index (χ1) is 14.3. The number of fused-ring (bicyclic) bond motifs is 1. The standard InChI is InChI=1S/C26H27N3/c1-27-25-15-9-8-14-23(25)24(26(27)21-10-4-2-5-11-21)20-28-16-18-29(19-17-28)22-12-6-3-7-13-22/h2-15H,16-20H2,1H3/p+1. The van der Waals surface area contributed by atoms with Crippen LogP contribution in [0.25, 0.3) is 22.2 Å². The van der Waals surface area contributed by atoms with Crippen molar-refractivity contribution in [1.29, 1.82) is 0 Å². The third-order valence-corrected chi connectivity index (χ3v) is 6.28. The lowest BCUT2D eigenvalue weighted by Gasteiger charge is -2.33. The predicted molar refractivity (Wildman–Crippen MR) is 121 cm³/mol. The first-order valence-electron chi connectivity index (χ1n) is 10.6. The summed E-state index contributed by atoms with van der Waals surface area (Å²) in [6.07, 6.45) is 0. The molecule has 0 saturated carbocycles. The molecule has 3 nitrogen and oxygen atoms in total. The van der Waals surface area contributed by atoms with Crippen LogP contribution in [-0.2, 0) is 13.6 Å². The number of aromatic nitrogens is 1. The summed E-state index contributed by atoms with van der Waals surface area (Å²) in [5.41, 5.74) is 6.83. The number of benzene rings is 3. The number of hydrogen-bond donors (Lipinski definition) is 1. The average molecular weight is 383 g/mol. The van der Waals surface area contributed by atoms with Gasteiger partial charge in [0, 0.05) is 29.2 Å². The van der Waals surface area contributed by atoms with Gasteiger partial charge in [-0.1, -0.05) is 66.7 Å². The molecule has 0 atom stereocenters. The molecule has 5 rings (SSSR count). The molecule has 0 amide bonds. The van der Waals surface area contributed by atoms with E-state index in [4.69, 9.17) is 0 Å². The zero-order valence-electron chi connectivity index (χ0n) is 17.0. The summed E-state index contributed by atoms with van der Waals surface area (Å²) >= 11 is 0. The maximum absolute atomic E-state index is 2.52. The first-order valence-corrected chi connectivity index (χ1v) is 10.6. The van der Waals surface area contributed by atoms with E-state index in [1.165, 1.54) is 46.5 Å². The van der Waals surface area contributed by atoms with Crippen molar-refractivity contribution in [3.05, 3.63) is 90.5 Å². The van der Waals surface area contributed by atoms with Crippen LogP contribution >= 0.6 is 0 Å². The summed E-state index contributed by atoms with van der Waals surface area (Å²) < 4.78 is 2.37. The molecule has 1 aliphatic rings. The SMILES string of the molecule is Cn1c(-c2ccccc2)c(C[NH+]2CCN(c3ccccc3)CC2)c2ccccc21. The van der Waals surface area contributed by atoms with Gasteiger partial charge in [0.2, 0.25) is 0 Å². The second-order valence-corrected chi connectivity index (χ2v) is 8.02. The van der Waals surface area contributed by atoms with E-state index in [0.717, 1.165) is 19.6 Å². The number of nitrogens with zero attached hydrogens (tertiary/aromatic N) is 2. The van der Waals surface area contributed by atoms with E-state index in [2.05, 4.69) is 101 Å². The summed E-state index contributed by atoms with van der Waals surface area (Å²) in [6.45, 7) is 5.66. The van der Waals surface area contributed by atoms with Crippen molar-refractivity contribution >= 4 is 16.6 Å². The maximum Gasteiger partial charge on any atom is 0.106 e. The zero-order valence-corrected chi connectivity index (χ0v) is 17.0. The van der Waals surface area contributed by atoms with Crippen LogP contribution in [0.1, 0.15) is 5.56 Å². The number of aryl methyl sites for hydroxylation is 1. The van der Waals surface area contributed by atoms with Gasteiger partial charge in [0.15, 0.2) is 0 Å². The molecule has 0 unspecified atom stereocenters. The van der Waals surface area contributed by atoms with Gasteiger partial charge >= 0.3 is 0 Å². The van der Waals surface area contributed by atoms with Crippen LogP contribution in [0.2, 0.25) is 0 Å². The molecule has 0 radical (unpaired) electrons. The number of nitrogens with one attached hydrogen (secondary N) is 1. The Hall–Kier alpha value is -3.04. The van der Waals surface area contributed by atoms with E-state index in [0.29, 0.717) is 0 Å². The molecule has 1 fully saturated rings. The monoisotopic (exact) mass is 382 g/mol. The van der Waals surface area contributed by atoms with Crippen molar-refractivity contribution in [2.75, 3.05) is 31.1 Å². The first kappa shape index (κ1) is 18.0. The molecule has 1 aliphatic heterocycles. The van der Waals surface area contributed by atoms with Crippen LogP contribution < -0.4 is 9.80 Å². The Labute approximate surface area is 172 Å². The van der Waals surface area contributed by atoms with Crippen LogP contribution in [0.5, 0.6) is 0 Å². The van der Waals surface area contributed by atoms with Gasteiger partial charge in [-0.15, -0.1) is 0 Å². The summed E-state index contributed by atoms with van der Waals surface area (Å²) in [4.78, 5) is 4.19. The maximum atomic E-state index is 2.52. The average Bonchev–Trinajstić information content (AvgIpc) is 3.07. The number of hydrogen-bond acceptors (Lipinski definition) is 1. The fraction of sp³-hybridized carbons (Fsp3) is 0.231. The van der Waals surface area contributed by atoms with Gasteiger partial charge in [-0.25, -0.2) is 0 Å². The van der Waals surface area contributed by atoms with Crippen molar-refractivity contribution in [2.24, 2.45) is 7.05 Å². The quantitative estimate of drug-likeness (QED) is 0.567. The van der Waals surface area contributed by atoms with Gasteiger partial charge in [-0.2, -0.15) is 0 Å². The van der Waals surface area contributed by atoms with E-state index < -0.39 is 0 Å². The van der Waals surface area contributed by atoms with Crippen molar-refractivity contribution in [3.63, 3.8) is 0 Å². The molecule has 1 N–H and O–H groups in total. The Bertz CT molecular complexity index is 1090. The lowest BCUT2D eigenvalue weighted by Crippen LogP contribution is -3.13. The number of piperazine rings is 1. The Balaban J connectivity index is 1.44. The molecule has 29 heavy (non-hydrogen) atoms. The second kappa shape index (κ2) is 7.76. The smallest absolute Gasteiger partial charge is 0.106 e. The fourth-order valence-corrected chi connectivity index (χ4v) is 4.76. The lowest BCUT2D eigenvalue weighted by molar-refractivity contribution is -0.914. The van der Waals surface area contributed by atoms with Crippen molar-refractivity contribution in [1.82, 2.24) is 4.57 Å². The molecule has 0 spiro atoms. The molecule has 1 aromatic heterocycles.